The van der Waals surface area contributed by atoms with Crippen molar-refractivity contribution in [3.05, 3.63) is 0 Å². The van der Waals surface area contributed by atoms with Gasteiger partial charge >= 0.3 is 11.9 Å². The van der Waals surface area contributed by atoms with Gasteiger partial charge in [-0.05, 0) is 12.8 Å². The molecular weight excluding hydrogens is 570 g/mol. The zero-order chi connectivity index (χ0) is 33.8. The molecule has 0 rings (SSSR count). The van der Waals surface area contributed by atoms with Crippen LogP contribution in [0.1, 0.15) is 219 Å². The smallest absolute Gasteiger partial charge is 0.306 e. The second-order valence-corrected chi connectivity index (χ2v) is 14.2. The topological polar surface area (TPSA) is 55.6 Å². The second-order valence-electron chi connectivity index (χ2n) is 14.2. The molecule has 1 unspecified atom stereocenters. The van der Waals surface area contributed by atoms with Crippen molar-refractivity contribution in [1.82, 2.24) is 0 Å². The van der Waals surface area contributed by atoms with Crippen LogP contribution in [0.15, 0.2) is 0 Å². The maximum Gasteiger partial charge on any atom is 0.306 e. The molecule has 0 aliphatic rings. The number of unbranched alkanes of at least 4 members (excludes halogenated alkanes) is 28. The van der Waals surface area contributed by atoms with Crippen molar-refractivity contribution in [2.75, 3.05) is 20.2 Å². The second kappa shape index (κ2) is 36.4. The molecule has 0 bridgehead atoms. The van der Waals surface area contributed by atoms with Gasteiger partial charge in [0, 0.05) is 12.8 Å². The van der Waals surface area contributed by atoms with Crippen LogP contribution in [0, 0.1) is 0 Å². The van der Waals surface area contributed by atoms with Gasteiger partial charge in [0.25, 0.3) is 0 Å². The Hall–Kier alpha value is -1.39. The minimum Gasteiger partial charge on any atom is -0.461 e. The van der Waals surface area contributed by atoms with Crippen molar-refractivity contribution in [2.24, 2.45) is 0 Å². The van der Waals surface area contributed by atoms with Gasteiger partial charge in [0.05, 0.1) is 0 Å². The molecule has 0 amide bonds. The zero-order valence-corrected chi connectivity index (χ0v) is 31.4. The van der Waals surface area contributed by atoms with E-state index in [1.54, 1.807) is 4.58 Å². The summed E-state index contributed by atoms with van der Waals surface area (Å²) in [5.74, 6) is -0.384. The van der Waals surface area contributed by atoms with Crippen molar-refractivity contribution in [2.45, 2.75) is 225 Å². The minimum atomic E-state index is -0.462. The number of rotatable bonds is 37. The Kier molecular flexibility index (Phi) is 35.3. The molecule has 0 heterocycles. The van der Waals surface area contributed by atoms with Crippen molar-refractivity contribution in [3.63, 3.8) is 0 Å². The molecule has 0 fully saturated rings. The molecular formula is C41H80NO4+. The summed E-state index contributed by atoms with van der Waals surface area (Å²) in [7, 11) is 1.84. The fraction of sp³-hybridized carbons (Fsp3) is 0.927. The van der Waals surface area contributed by atoms with Gasteiger partial charge in [-0.2, -0.15) is 0 Å². The van der Waals surface area contributed by atoms with E-state index in [1.807, 2.05) is 7.05 Å². The van der Waals surface area contributed by atoms with E-state index >= 15 is 0 Å². The highest BCUT2D eigenvalue weighted by Crippen LogP contribution is 2.16. The minimum absolute atomic E-state index is 0.113. The number of esters is 2. The Morgan fingerprint density at radius 3 is 1.07 bits per heavy atom. The van der Waals surface area contributed by atoms with Crippen LogP contribution in [-0.2, 0) is 19.1 Å². The molecule has 46 heavy (non-hydrogen) atoms. The first-order valence-corrected chi connectivity index (χ1v) is 20.4. The van der Waals surface area contributed by atoms with Gasteiger partial charge in [-0.3, -0.25) is 9.59 Å². The summed E-state index contributed by atoms with van der Waals surface area (Å²) in [5.41, 5.74) is 0. The first kappa shape index (κ1) is 44.6. The molecule has 5 nitrogen and oxygen atoms in total. The average Bonchev–Trinajstić information content (AvgIpc) is 3.03. The van der Waals surface area contributed by atoms with Crippen LogP contribution in [0.25, 0.3) is 0 Å². The third-order valence-corrected chi connectivity index (χ3v) is 9.21. The summed E-state index contributed by atoms with van der Waals surface area (Å²) in [6, 6.07) is 0. The normalized spacial score (nSPS) is 11.9. The first-order chi connectivity index (χ1) is 22.5. The van der Waals surface area contributed by atoms with E-state index in [0.717, 1.165) is 25.7 Å². The lowest BCUT2D eigenvalue weighted by molar-refractivity contribution is -0.498. The Labute approximate surface area is 287 Å². The summed E-state index contributed by atoms with van der Waals surface area (Å²) in [4.78, 5) is 24.7. The summed E-state index contributed by atoms with van der Waals surface area (Å²) >= 11 is 0. The number of carbonyl (C=O) groups is 2. The van der Waals surface area contributed by atoms with Gasteiger partial charge < -0.3 is 9.47 Å². The lowest BCUT2D eigenvalue weighted by Crippen LogP contribution is -2.32. The van der Waals surface area contributed by atoms with Crippen LogP contribution in [-0.4, -0.2) is 49.5 Å². The van der Waals surface area contributed by atoms with E-state index in [4.69, 9.17) is 9.47 Å². The first-order valence-electron chi connectivity index (χ1n) is 20.4. The van der Waals surface area contributed by atoms with Gasteiger partial charge in [0.1, 0.15) is 20.4 Å². The lowest BCUT2D eigenvalue weighted by Gasteiger charge is -2.16. The van der Waals surface area contributed by atoms with Gasteiger partial charge in [-0.15, -0.1) is 0 Å². The Balaban J connectivity index is 3.70. The SMILES string of the molecule is C=[N+](C)CC(COC(=O)CCCCCCCCCCCCCCCCC)OC(=O)CCCCCCCCCCCCCCCCC. The van der Waals surface area contributed by atoms with Gasteiger partial charge in [-0.25, -0.2) is 4.58 Å². The fourth-order valence-corrected chi connectivity index (χ4v) is 6.26. The highest BCUT2D eigenvalue weighted by atomic mass is 16.6. The third-order valence-electron chi connectivity index (χ3n) is 9.21. The predicted molar refractivity (Wildman–Crippen MR) is 198 cm³/mol. The van der Waals surface area contributed by atoms with E-state index in [9.17, 15) is 9.59 Å². The number of hydrogen-bond donors (Lipinski definition) is 0. The zero-order valence-electron chi connectivity index (χ0n) is 31.4. The van der Waals surface area contributed by atoms with Crippen LogP contribution < -0.4 is 0 Å². The van der Waals surface area contributed by atoms with E-state index < -0.39 is 6.10 Å². The quantitative estimate of drug-likeness (QED) is 0.0290. The highest BCUT2D eigenvalue weighted by molar-refractivity contribution is 5.70. The molecule has 1 atom stereocenters. The van der Waals surface area contributed by atoms with Gasteiger partial charge in [0.2, 0.25) is 0 Å². The molecule has 0 N–H and O–H groups in total. The summed E-state index contributed by atoms with van der Waals surface area (Å²) in [6.45, 7) is 9.00. The number of likely N-dealkylation sites (N-methyl/N-ethyl adjacent to an activating group) is 1. The van der Waals surface area contributed by atoms with E-state index in [1.165, 1.54) is 167 Å². The summed E-state index contributed by atoms with van der Waals surface area (Å²) < 4.78 is 12.9. The standard InChI is InChI=1S/C41H80NO4/c1-5-7-9-11-13-15-17-19-21-23-25-27-29-31-33-35-40(43)45-38-39(37-42(3)4)46-41(44)36-34-32-30-28-26-24-22-20-18-16-14-12-10-8-6-2/h39H,3,5-38H2,1-2,4H3/q+1. The van der Waals surface area contributed by atoms with Crippen molar-refractivity contribution in [3.8, 4) is 0 Å². The number of nitrogens with zero attached hydrogens (tertiary/aromatic N) is 1. The molecule has 0 aromatic heterocycles. The van der Waals surface area contributed by atoms with Crippen LogP contribution in [0.2, 0.25) is 0 Å². The summed E-state index contributed by atoms with van der Waals surface area (Å²) in [6.07, 6.45) is 39.6. The van der Waals surface area contributed by atoms with Gasteiger partial charge in [0.15, 0.2) is 12.6 Å². The number of carbonyl (C=O) groups excluding carboxylic acids is 2. The molecule has 0 aromatic carbocycles. The maximum absolute atomic E-state index is 12.4. The predicted octanol–water partition coefficient (Wildman–Crippen LogP) is 12.3. The molecule has 0 radical (unpaired) electrons. The molecule has 0 saturated heterocycles. The lowest BCUT2D eigenvalue weighted by atomic mass is 10.0. The van der Waals surface area contributed by atoms with Crippen LogP contribution in [0.3, 0.4) is 0 Å². The highest BCUT2D eigenvalue weighted by Gasteiger charge is 2.20. The molecule has 0 saturated carbocycles. The average molecular weight is 651 g/mol. The van der Waals surface area contributed by atoms with E-state index in [2.05, 4.69) is 20.6 Å². The number of hydrogen-bond acceptors (Lipinski definition) is 4. The number of ether oxygens (including phenoxy) is 2. The van der Waals surface area contributed by atoms with Crippen molar-refractivity contribution in [1.29, 1.82) is 0 Å². The van der Waals surface area contributed by atoms with Crippen LogP contribution in [0.5, 0.6) is 0 Å². The largest absolute Gasteiger partial charge is 0.461 e. The molecule has 0 spiro atoms. The molecule has 0 aliphatic heterocycles. The molecule has 0 aromatic rings. The Bertz CT molecular complexity index is 679. The molecule has 272 valence electrons. The van der Waals surface area contributed by atoms with Crippen molar-refractivity contribution >= 4 is 18.7 Å². The van der Waals surface area contributed by atoms with E-state index in [-0.39, 0.29) is 18.5 Å². The summed E-state index contributed by atoms with van der Waals surface area (Å²) in [5, 5.41) is 0. The fourth-order valence-electron chi connectivity index (χ4n) is 6.26. The van der Waals surface area contributed by atoms with E-state index in [0.29, 0.717) is 19.4 Å². The molecule has 5 heteroatoms. The van der Waals surface area contributed by atoms with Crippen molar-refractivity contribution < 1.29 is 23.6 Å². The Morgan fingerprint density at radius 2 is 0.761 bits per heavy atom. The maximum atomic E-state index is 12.4. The Morgan fingerprint density at radius 1 is 0.478 bits per heavy atom. The van der Waals surface area contributed by atoms with Gasteiger partial charge in [-0.1, -0.05) is 194 Å². The van der Waals surface area contributed by atoms with Crippen LogP contribution >= 0.6 is 0 Å². The third kappa shape index (κ3) is 35.5. The molecule has 0 aliphatic carbocycles. The monoisotopic (exact) mass is 651 g/mol. The van der Waals surface area contributed by atoms with Crippen LogP contribution in [0.4, 0.5) is 0 Å².